The average molecular weight is 356 g/mol. The maximum absolute atomic E-state index is 12.3. The highest BCUT2D eigenvalue weighted by atomic mass is 79.9. The Balaban J connectivity index is 2.31. The van der Waals surface area contributed by atoms with Gasteiger partial charge in [0.15, 0.2) is 5.82 Å². The number of sulfonamides is 1. The Labute approximate surface area is 126 Å². The molecule has 1 aromatic carbocycles. The summed E-state index contributed by atoms with van der Waals surface area (Å²) in [4.78, 5) is 4.21. The Morgan fingerprint density at radius 1 is 1.25 bits per heavy atom. The summed E-state index contributed by atoms with van der Waals surface area (Å²) in [5.41, 5.74) is 0.899. The van der Waals surface area contributed by atoms with Crippen LogP contribution in [0, 0.1) is 0 Å². The second kappa shape index (κ2) is 6.34. The average Bonchev–Trinajstić information content (AvgIpc) is 2.42. The number of benzene rings is 1. The van der Waals surface area contributed by atoms with E-state index in [9.17, 15) is 8.42 Å². The molecule has 7 heteroatoms. The normalized spacial score (nSPS) is 11.3. The number of anilines is 1. The summed E-state index contributed by atoms with van der Waals surface area (Å²) >= 11 is 3.26. The predicted octanol–water partition coefficient (Wildman–Crippen LogP) is 2.36. The van der Waals surface area contributed by atoms with Gasteiger partial charge in [-0.1, -0.05) is 12.1 Å². The van der Waals surface area contributed by atoms with Gasteiger partial charge in [-0.25, -0.2) is 13.4 Å². The lowest BCUT2D eigenvalue weighted by Crippen LogP contribution is -2.15. The fourth-order valence-electron chi connectivity index (χ4n) is 1.67. The molecule has 2 aromatic rings. The molecular formula is C13H14BrN3O2S. The fraction of sp³-hybridized carbons (Fsp3) is 0.154. The maximum atomic E-state index is 12.3. The molecule has 0 unspecified atom stereocenters. The molecule has 2 rings (SSSR count). The molecular weight excluding hydrogens is 342 g/mol. The van der Waals surface area contributed by atoms with Gasteiger partial charge in [0.1, 0.15) is 0 Å². The number of halogens is 1. The Bertz CT molecular complexity index is 704. The van der Waals surface area contributed by atoms with Crippen LogP contribution in [0.5, 0.6) is 0 Å². The molecule has 0 aliphatic carbocycles. The lowest BCUT2D eigenvalue weighted by atomic mass is 10.2. The molecule has 106 valence electrons. The van der Waals surface area contributed by atoms with Crippen LogP contribution >= 0.6 is 15.9 Å². The van der Waals surface area contributed by atoms with Gasteiger partial charge >= 0.3 is 0 Å². The lowest BCUT2D eigenvalue weighted by molar-refractivity contribution is 0.600. The molecule has 0 saturated heterocycles. The molecule has 0 fully saturated rings. The zero-order valence-electron chi connectivity index (χ0n) is 10.8. The molecule has 0 radical (unpaired) electrons. The summed E-state index contributed by atoms with van der Waals surface area (Å²) in [5.74, 6) is 0.270. The van der Waals surface area contributed by atoms with E-state index >= 15 is 0 Å². The minimum atomic E-state index is -3.65. The SMILES string of the molecule is CNCc1cccc(S(=O)(=O)Nc2ncccc2Br)c1. The standard InChI is InChI=1S/C13H14BrN3O2S/c1-15-9-10-4-2-5-11(8-10)20(18,19)17-13-12(14)6-3-7-16-13/h2-8,15H,9H2,1H3,(H,16,17). The largest absolute Gasteiger partial charge is 0.316 e. The topological polar surface area (TPSA) is 71.1 Å². The van der Waals surface area contributed by atoms with Gasteiger partial charge in [-0.05, 0) is 52.8 Å². The van der Waals surface area contributed by atoms with Crippen LogP contribution in [-0.2, 0) is 16.6 Å². The van der Waals surface area contributed by atoms with Crippen LogP contribution in [0.3, 0.4) is 0 Å². The Morgan fingerprint density at radius 3 is 2.75 bits per heavy atom. The molecule has 0 saturated carbocycles. The summed E-state index contributed by atoms with van der Waals surface area (Å²) < 4.78 is 27.7. The molecule has 0 spiro atoms. The van der Waals surface area contributed by atoms with E-state index in [1.165, 1.54) is 6.20 Å². The molecule has 1 aromatic heterocycles. The highest BCUT2D eigenvalue weighted by Crippen LogP contribution is 2.22. The fourth-order valence-corrected chi connectivity index (χ4v) is 3.26. The third-order valence-electron chi connectivity index (χ3n) is 2.58. The minimum Gasteiger partial charge on any atom is -0.316 e. The van der Waals surface area contributed by atoms with Crippen molar-refractivity contribution in [2.24, 2.45) is 0 Å². The first-order valence-electron chi connectivity index (χ1n) is 5.90. The molecule has 0 aliphatic rings. The number of nitrogens with one attached hydrogen (secondary N) is 2. The van der Waals surface area contributed by atoms with Gasteiger partial charge in [-0.2, -0.15) is 0 Å². The molecule has 0 amide bonds. The maximum Gasteiger partial charge on any atom is 0.263 e. The third-order valence-corrected chi connectivity index (χ3v) is 4.56. The monoisotopic (exact) mass is 355 g/mol. The van der Waals surface area contributed by atoms with Crippen molar-refractivity contribution in [3.63, 3.8) is 0 Å². The van der Waals surface area contributed by atoms with Crippen molar-refractivity contribution in [1.29, 1.82) is 0 Å². The molecule has 0 atom stereocenters. The van der Waals surface area contributed by atoms with Gasteiger partial charge in [0.25, 0.3) is 10.0 Å². The van der Waals surface area contributed by atoms with Gasteiger partial charge in [-0.3, -0.25) is 4.72 Å². The van der Waals surface area contributed by atoms with Crippen LogP contribution < -0.4 is 10.0 Å². The van der Waals surface area contributed by atoms with E-state index in [1.54, 1.807) is 30.3 Å². The zero-order valence-corrected chi connectivity index (χ0v) is 13.2. The van der Waals surface area contributed by atoms with Crippen molar-refractivity contribution in [2.45, 2.75) is 11.4 Å². The summed E-state index contributed by atoms with van der Waals surface area (Å²) in [6, 6.07) is 10.2. The highest BCUT2D eigenvalue weighted by Gasteiger charge is 2.16. The van der Waals surface area contributed by atoms with Crippen molar-refractivity contribution >= 4 is 31.8 Å². The number of pyridine rings is 1. The summed E-state index contributed by atoms with van der Waals surface area (Å²) in [6.07, 6.45) is 1.53. The number of rotatable bonds is 5. The van der Waals surface area contributed by atoms with Crippen LogP contribution in [0.25, 0.3) is 0 Å². The van der Waals surface area contributed by atoms with E-state index in [4.69, 9.17) is 0 Å². The van der Waals surface area contributed by atoms with Crippen molar-refractivity contribution in [3.05, 3.63) is 52.6 Å². The van der Waals surface area contributed by atoms with Gasteiger partial charge in [0.2, 0.25) is 0 Å². The molecule has 1 heterocycles. The summed E-state index contributed by atoms with van der Waals surface area (Å²) in [7, 11) is -1.84. The molecule has 2 N–H and O–H groups in total. The number of aromatic nitrogens is 1. The zero-order chi connectivity index (χ0) is 14.6. The van der Waals surface area contributed by atoms with E-state index in [-0.39, 0.29) is 10.7 Å². The van der Waals surface area contributed by atoms with Gasteiger partial charge < -0.3 is 5.32 Å². The van der Waals surface area contributed by atoms with Crippen LogP contribution in [-0.4, -0.2) is 20.4 Å². The van der Waals surface area contributed by atoms with E-state index in [0.717, 1.165) is 5.56 Å². The van der Waals surface area contributed by atoms with Crippen molar-refractivity contribution < 1.29 is 8.42 Å². The molecule has 20 heavy (non-hydrogen) atoms. The molecule has 0 aliphatic heterocycles. The third kappa shape index (κ3) is 3.56. The quantitative estimate of drug-likeness (QED) is 0.863. The summed E-state index contributed by atoms with van der Waals surface area (Å²) in [6.45, 7) is 0.608. The first-order valence-corrected chi connectivity index (χ1v) is 8.17. The van der Waals surface area contributed by atoms with E-state index in [0.29, 0.717) is 11.0 Å². The van der Waals surface area contributed by atoms with Gasteiger partial charge in [0, 0.05) is 12.7 Å². The Morgan fingerprint density at radius 2 is 2.05 bits per heavy atom. The van der Waals surface area contributed by atoms with Crippen molar-refractivity contribution in [1.82, 2.24) is 10.3 Å². The second-order valence-corrected chi connectivity index (χ2v) is 6.65. The Kier molecular flexibility index (Phi) is 4.74. The first kappa shape index (κ1) is 15.0. The van der Waals surface area contributed by atoms with Crippen molar-refractivity contribution in [3.8, 4) is 0 Å². The molecule has 5 nitrogen and oxygen atoms in total. The van der Waals surface area contributed by atoms with E-state index in [2.05, 4.69) is 31.0 Å². The highest BCUT2D eigenvalue weighted by molar-refractivity contribution is 9.10. The Hall–Kier alpha value is -1.44. The van der Waals surface area contributed by atoms with Crippen LogP contribution in [0.1, 0.15) is 5.56 Å². The number of hydrogen-bond donors (Lipinski definition) is 2. The number of nitrogens with zero attached hydrogens (tertiary/aromatic N) is 1. The smallest absolute Gasteiger partial charge is 0.263 e. The summed E-state index contributed by atoms with van der Waals surface area (Å²) in [5, 5.41) is 2.99. The van der Waals surface area contributed by atoms with E-state index < -0.39 is 10.0 Å². The second-order valence-electron chi connectivity index (χ2n) is 4.12. The van der Waals surface area contributed by atoms with Gasteiger partial charge in [0.05, 0.1) is 9.37 Å². The predicted molar refractivity (Wildman–Crippen MR) is 82.0 cm³/mol. The minimum absolute atomic E-state index is 0.211. The van der Waals surface area contributed by atoms with E-state index in [1.807, 2.05) is 13.1 Å². The van der Waals surface area contributed by atoms with Crippen molar-refractivity contribution in [2.75, 3.05) is 11.8 Å². The van der Waals surface area contributed by atoms with Crippen LogP contribution in [0.2, 0.25) is 0 Å². The van der Waals surface area contributed by atoms with Crippen LogP contribution in [0.4, 0.5) is 5.82 Å². The van der Waals surface area contributed by atoms with Crippen LogP contribution in [0.15, 0.2) is 52.0 Å². The van der Waals surface area contributed by atoms with Gasteiger partial charge in [-0.15, -0.1) is 0 Å². The first-order chi connectivity index (χ1) is 9.53. The lowest BCUT2D eigenvalue weighted by Gasteiger charge is -2.09. The molecule has 0 bridgehead atoms. The number of hydrogen-bond acceptors (Lipinski definition) is 4.